The van der Waals surface area contributed by atoms with Crippen molar-refractivity contribution in [2.45, 2.75) is 12.5 Å². The van der Waals surface area contributed by atoms with E-state index in [1.807, 2.05) is 31.1 Å². The van der Waals surface area contributed by atoms with Gasteiger partial charge in [-0.25, -0.2) is 0 Å². The third-order valence-electron chi connectivity index (χ3n) is 2.67. The van der Waals surface area contributed by atoms with Crippen molar-refractivity contribution in [2.75, 3.05) is 27.7 Å². The van der Waals surface area contributed by atoms with Gasteiger partial charge in [0.25, 0.3) is 0 Å². The molecule has 3 N–H and O–H groups in total. The quantitative estimate of drug-likeness (QED) is 0.792. The number of hydrogen-bond donors (Lipinski definition) is 2. The summed E-state index contributed by atoms with van der Waals surface area (Å²) in [5.41, 5.74) is 6.44. The lowest BCUT2D eigenvalue weighted by molar-refractivity contribution is 0.276. The van der Waals surface area contributed by atoms with Gasteiger partial charge in [0.05, 0.1) is 7.11 Å². The highest BCUT2D eigenvalue weighted by molar-refractivity contribution is 5.46. The summed E-state index contributed by atoms with van der Waals surface area (Å²) in [5, 5.41) is 10.0. The monoisotopic (exact) mass is 224 g/mol. The van der Waals surface area contributed by atoms with Crippen molar-refractivity contribution in [3.8, 4) is 11.5 Å². The summed E-state index contributed by atoms with van der Waals surface area (Å²) in [7, 11) is 5.49. The van der Waals surface area contributed by atoms with E-state index in [0.717, 1.165) is 12.0 Å². The molecule has 0 aliphatic heterocycles. The van der Waals surface area contributed by atoms with Gasteiger partial charge in [-0.3, -0.25) is 0 Å². The molecule has 4 heteroatoms. The molecule has 0 heterocycles. The van der Waals surface area contributed by atoms with Crippen molar-refractivity contribution in [1.29, 1.82) is 0 Å². The number of ether oxygens (including phenoxy) is 1. The molecule has 1 aromatic rings. The molecular weight excluding hydrogens is 204 g/mol. The Hall–Kier alpha value is -1.26. The largest absolute Gasteiger partial charge is 0.504 e. The van der Waals surface area contributed by atoms with Gasteiger partial charge in [-0.05, 0) is 33.1 Å². The second kappa shape index (κ2) is 5.72. The van der Waals surface area contributed by atoms with Gasteiger partial charge in [0.2, 0.25) is 0 Å². The van der Waals surface area contributed by atoms with Crippen LogP contribution in [0.4, 0.5) is 0 Å². The Bertz CT molecular complexity index is 340. The third kappa shape index (κ3) is 2.65. The smallest absolute Gasteiger partial charge is 0.162 e. The van der Waals surface area contributed by atoms with Crippen molar-refractivity contribution in [2.24, 2.45) is 5.73 Å². The third-order valence-corrected chi connectivity index (χ3v) is 2.67. The lowest BCUT2D eigenvalue weighted by atomic mass is 10.0. The Morgan fingerprint density at radius 2 is 2.12 bits per heavy atom. The summed E-state index contributed by atoms with van der Waals surface area (Å²) in [5.74, 6) is 0.707. The van der Waals surface area contributed by atoms with Crippen LogP contribution >= 0.6 is 0 Å². The van der Waals surface area contributed by atoms with E-state index in [4.69, 9.17) is 10.5 Å². The number of aromatic hydroxyl groups is 1. The molecule has 0 bridgehead atoms. The molecule has 0 saturated heterocycles. The van der Waals surface area contributed by atoms with Gasteiger partial charge in [0.1, 0.15) is 0 Å². The Kier molecular flexibility index (Phi) is 4.58. The van der Waals surface area contributed by atoms with Gasteiger partial charge in [0.15, 0.2) is 11.5 Å². The van der Waals surface area contributed by atoms with E-state index >= 15 is 0 Å². The molecule has 0 aliphatic rings. The molecule has 1 aromatic carbocycles. The first-order valence-electron chi connectivity index (χ1n) is 5.34. The van der Waals surface area contributed by atoms with E-state index in [1.165, 1.54) is 0 Å². The molecule has 0 spiro atoms. The van der Waals surface area contributed by atoms with E-state index in [2.05, 4.69) is 0 Å². The van der Waals surface area contributed by atoms with E-state index in [9.17, 15) is 5.11 Å². The summed E-state index contributed by atoms with van der Waals surface area (Å²) >= 11 is 0. The minimum atomic E-state index is 0.111. The van der Waals surface area contributed by atoms with Gasteiger partial charge in [0, 0.05) is 11.6 Å². The summed E-state index contributed by atoms with van der Waals surface area (Å²) < 4.78 is 5.09. The highest BCUT2D eigenvalue weighted by Crippen LogP contribution is 2.36. The van der Waals surface area contributed by atoms with Crippen LogP contribution in [0, 0.1) is 0 Å². The summed E-state index contributed by atoms with van der Waals surface area (Å²) in [6.45, 7) is 0.583. The molecule has 90 valence electrons. The molecule has 0 aromatic heterocycles. The first-order chi connectivity index (χ1) is 7.61. The lowest BCUT2D eigenvalue weighted by Gasteiger charge is -2.25. The van der Waals surface area contributed by atoms with Gasteiger partial charge >= 0.3 is 0 Å². The topological polar surface area (TPSA) is 58.7 Å². The van der Waals surface area contributed by atoms with Gasteiger partial charge in [-0.15, -0.1) is 0 Å². The number of nitrogens with two attached hydrogens (primary N) is 1. The normalized spacial score (nSPS) is 12.8. The Morgan fingerprint density at radius 3 is 2.62 bits per heavy atom. The van der Waals surface area contributed by atoms with Crippen LogP contribution in [0.5, 0.6) is 11.5 Å². The number of methoxy groups -OCH3 is 1. The SMILES string of the molecule is COc1cccc(C(CCN)N(C)C)c1O. The van der Waals surface area contributed by atoms with Gasteiger partial charge < -0.3 is 20.5 Å². The van der Waals surface area contributed by atoms with E-state index < -0.39 is 0 Å². The molecule has 0 aliphatic carbocycles. The van der Waals surface area contributed by atoms with Crippen molar-refractivity contribution in [1.82, 2.24) is 4.90 Å². The molecule has 1 atom stereocenters. The Balaban J connectivity index is 3.08. The molecule has 0 radical (unpaired) electrons. The predicted octanol–water partition coefficient (Wildman–Crippen LogP) is 1.35. The van der Waals surface area contributed by atoms with Crippen molar-refractivity contribution in [3.05, 3.63) is 23.8 Å². The maximum atomic E-state index is 10.0. The van der Waals surface area contributed by atoms with Crippen LogP contribution in [-0.4, -0.2) is 37.8 Å². The van der Waals surface area contributed by atoms with Crippen molar-refractivity contribution < 1.29 is 9.84 Å². The predicted molar refractivity (Wildman–Crippen MR) is 64.8 cm³/mol. The van der Waals surface area contributed by atoms with E-state index in [-0.39, 0.29) is 11.8 Å². The number of phenols is 1. The van der Waals surface area contributed by atoms with Crippen molar-refractivity contribution >= 4 is 0 Å². The highest BCUT2D eigenvalue weighted by Gasteiger charge is 2.18. The maximum Gasteiger partial charge on any atom is 0.162 e. The number of para-hydroxylation sites is 1. The number of nitrogens with zero attached hydrogens (tertiary/aromatic N) is 1. The van der Waals surface area contributed by atoms with Crippen molar-refractivity contribution in [3.63, 3.8) is 0 Å². The maximum absolute atomic E-state index is 10.0. The first-order valence-corrected chi connectivity index (χ1v) is 5.34. The molecule has 0 fully saturated rings. The number of phenolic OH excluding ortho intramolecular Hbond substituents is 1. The lowest BCUT2D eigenvalue weighted by Crippen LogP contribution is -2.22. The minimum Gasteiger partial charge on any atom is -0.504 e. The zero-order valence-corrected chi connectivity index (χ0v) is 10.1. The number of hydrogen-bond acceptors (Lipinski definition) is 4. The second-order valence-corrected chi connectivity index (χ2v) is 3.95. The summed E-state index contributed by atoms with van der Waals surface area (Å²) in [6.07, 6.45) is 0.799. The van der Waals surface area contributed by atoms with Gasteiger partial charge in [-0.1, -0.05) is 12.1 Å². The fraction of sp³-hybridized carbons (Fsp3) is 0.500. The zero-order chi connectivity index (χ0) is 12.1. The summed E-state index contributed by atoms with van der Waals surface area (Å²) in [6, 6.07) is 5.63. The van der Waals surface area contributed by atoms with Crippen LogP contribution in [0.2, 0.25) is 0 Å². The van der Waals surface area contributed by atoms with E-state index in [0.29, 0.717) is 12.3 Å². The van der Waals surface area contributed by atoms with Crippen LogP contribution in [0.15, 0.2) is 18.2 Å². The molecule has 1 unspecified atom stereocenters. The van der Waals surface area contributed by atoms with Crippen LogP contribution in [0.1, 0.15) is 18.0 Å². The Morgan fingerprint density at radius 1 is 1.44 bits per heavy atom. The van der Waals surface area contributed by atoms with Crippen LogP contribution in [0.25, 0.3) is 0 Å². The molecule has 0 amide bonds. The van der Waals surface area contributed by atoms with Crippen LogP contribution in [0.3, 0.4) is 0 Å². The fourth-order valence-electron chi connectivity index (χ4n) is 1.82. The van der Waals surface area contributed by atoms with Crippen LogP contribution in [-0.2, 0) is 0 Å². The Labute approximate surface area is 96.6 Å². The molecule has 0 saturated carbocycles. The second-order valence-electron chi connectivity index (χ2n) is 3.95. The molecule has 4 nitrogen and oxygen atoms in total. The average molecular weight is 224 g/mol. The zero-order valence-electron chi connectivity index (χ0n) is 10.1. The highest BCUT2D eigenvalue weighted by atomic mass is 16.5. The fourth-order valence-corrected chi connectivity index (χ4v) is 1.82. The van der Waals surface area contributed by atoms with Crippen LogP contribution < -0.4 is 10.5 Å². The minimum absolute atomic E-state index is 0.111. The number of benzene rings is 1. The standard InChI is InChI=1S/C12H20N2O2/c1-14(2)10(7-8-13)9-5-4-6-11(16-3)12(9)15/h4-6,10,15H,7-8,13H2,1-3H3. The van der Waals surface area contributed by atoms with Gasteiger partial charge in [-0.2, -0.15) is 0 Å². The molecular formula is C12H20N2O2. The summed E-state index contributed by atoms with van der Waals surface area (Å²) in [4.78, 5) is 2.04. The first kappa shape index (κ1) is 12.8. The van der Waals surface area contributed by atoms with E-state index in [1.54, 1.807) is 13.2 Å². The average Bonchev–Trinajstić information content (AvgIpc) is 2.26. The molecule has 1 rings (SSSR count). The number of rotatable bonds is 5. The molecule has 16 heavy (non-hydrogen) atoms.